The lowest BCUT2D eigenvalue weighted by atomic mass is 10.2. The number of rotatable bonds is 5. The number of pyridine rings is 1. The summed E-state index contributed by atoms with van der Waals surface area (Å²) in [7, 11) is 0. The van der Waals surface area contributed by atoms with Crippen LogP contribution in [-0.4, -0.2) is 36.2 Å². The third-order valence-corrected chi connectivity index (χ3v) is 5.02. The molecule has 8 nitrogen and oxygen atoms in total. The van der Waals surface area contributed by atoms with Gasteiger partial charge in [-0.25, -0.2) is 4.98 Å². The summed E-state index contributed by atoms with van der Waals surface area (Å²) < 4.78 is 5.91. The summed E-state index contributed by atoms with van der Waals surface area (Å²) in [5.41, 5.74) is 0.453. The molecule has 3 heterocycles. The first-order chi connectivity index (χ1) is 12.7. The molecule has 3 aromatic heterocycles. The Kier molecular flexibility index (Phi) is 4.81. The topological polar surface area (TPSA) is 97.6 Å². The predicted molar refractivity (Wildman–Crippen MR) is 101 cm³/mol. The molecule has 26 heavy (non-hydrogen) atoms. The molecule has 0 bridgehead atoms. The van der Waals surface area contributed by atoms with E-state index in [0.29, 0.717) is 28.2 Å². The van der Waals surface area contributed by atoms with Crippen molar-refractivity contribution in [1.82, 2.24) is 24.1 Å². The van der Waals surface area contributed by atoms with Crippen LogP contribution in [-0.2, 0) is 0 Å². The molecule has 0 amide bonds. The summed E-state index contributed by atoms with van der Waals surface area (Å²) in [6, 6.07) is 7.40. The van der Waals surface area contributed by atoms with Crippen molar-refractivity contribution < 1.29 is 0 Å². The Morgan fingerprint density at radius 2 is 2.04 bits per heavy atom. The minimum absolute atomic E-state index is 0.185. The van der Waals surface area contributed by atoms with E-state index in [1.807, 2.05) is 12.1 Å². The van der Waals surface area contributed by atoms with Crippen molar-refractivity contribution in [2.24, 2.45) is 0 Å². The van der Waals surface area contributed by atoms with Crippen molar-refractivity contribution >= 4 is 34.9 Å². The molecule has 0 aromatic carbocycles. The molecule has 1 saturated carbocycles. The zero-order valence-corrected chi connectivity index (χ0v) is 15.2. The van der Waals surface area contributed by atoms with Crippen LogP contribution < -0.4 is 16.2 Å². The van der Waals surface area contributed by atoms with Crippen LogP contribution in [0.4, 0.5) is 11.8 Å². The Morgan fingerprint density at radius 1 is 1.19 bits per heavy atom. The fourth-order valence-electron chi connectivity index (χ4n) is 3.05. The highest BCUT2D eigenvalue weighted by Gasteiger charge is 2.25. The third-order valence-electron chi connectivity index (χ3n) is 4.23. The summed E-state index contributed by atoms with van der Waals surface area (Å²) >= 11 is 6.99. The zero-order valence-electron chi connectivity index (χ0n) is 13.7. The van der Waals surface area contributed by atoms with Gasteiger partial charge in [0.1, 0.15) is 5.82 Å². The lowest BCUT2D eigenvalue weighted by Crippen LogP contribution is -2.22. The molecule has 2 atom stereocenters. The van der Waals surface area contributed by atoms with Crippen molar-refractivity contribution in [3.63, 3.8) is 0 Å². The first-order valence-electron chi connectivity index (χ1n) is 8.20. The predicted octanol–water partition coefficient (Wildman–Crippen LogP) is 2.58. The van der Waals surface area contributed by atoms with Gasteiger partial charge in [-0.2, -0.15) is 19.1 Å². The van der Waals surface area contributed by atoms with Crippen molar-refractivity contribution in [2.45, 2.75) is 31.3 Å². The lowest BCUT2D eigenvalue weighted by Gasteiger charge is -2.14. The Bertz CT molecular complexity index is 942. The normalized spacial score (nSPS) is 19.4. The lowest BCUT2D eigenvalue weighted by molar-refractivity contribution is 0.718. The van der Waals surface area contributed by atoms with Crippen molar-refractivity contribution in [3.8, 4) is 5.69 Å². The fourth-order valence-corrected chi connectivity index (χ4v) is 3.61. The number of nitrogens with one attached hydrogen (secondary N) is 2. The molecule has 1 aliphatic rings. The highest BCUT2D eigenvalue weighted by Crippen LogP contribution is 2.25. The quantitative estimate of drug-likeness (QED) is 0.692. The van der Waals surface area contributed by atoms with Gasteiger partial charge in [0, 0.05) is 35.9 Å². The second-order valence-electron chi connectivity index (χ2n) is 6.04. The molecule has 0 saturated heterocycles. The average Bonchev–Trinajstić information content (AvgIpc) is 3.25. The second-order valence-corrected chi connectivity index (χ2v) is 7.38. The highest BCUT2D eigenvalue weighted by molar-refractivity contribution is 7.10. The van der Waals surface area contributed by atoms with Gasteiger partial charge in [-0.3, -0.25) is 4.79 Å². The number of hydrogen-bond donors (Lipinski definition) is 2. The SMILES string of the molecule is O=c1cccnn1-c1ccc(N[C@H]2CC[C@H](Nc3nsc(Cl)n3)C2)nc1. The van der Waals surface area contributed by atoms with Crippen LogP contribution in [0.3, 0.4) is 0 Å². The zero-order chi connectivity index (χ0) is 17.9. The van der Waals surface area contributed by atoms with E-state index in [1.54, 1.807) is 18.5 Å². The number of nitrogens with zero attached hydrogens (tertiary/aromatic N) is 5. The molecule has 4 rings (SSSR count). The van der Waals surface area contributed by atoms with Gasteiger partial charge in [0.2, 0.25) is 10.4 Å². The van der Waals surface area contributed by atoms with E-state index in [4.69, 9.17) is 11.6 Å². The van der Waals surface area contributed by atoms with Crippen LogP contribution >= 0.6 is 23.1 Å². The van der Waals surface area contributed by atoms with Crippen molar-refractivity contribution in [2.75, 3.05) is 10.6 Å². The van der Waals surface area contributed by atoms with Crippen LogP contribution in [0.25, 0.3) is 5.69 Å². The van der Waals surface area contributed by atoms with Gasteiger partial charge in [-0.05, 0) is 49.1 Å². The minimum Gasteiger partial charge on any atom is -0.367 e. The molecule has 10 heteroatoms. The molecule has 2 N–H and O–H groups in total. The van der Waals surface area contributed by atoms with Gasteiger partial charge in [-0.1, -0.05) is 0 Å². The van der Waals surface area contributed by atoms with Crippen LogP contribution in [0, 0.1) is 0 Å². The van der Waals surface area contributed by atoms with Crippen LogP contribution in [0.5, 0.6) is 0 Å². The molecule has 1 fully saturated rings. The maximum absolute atomic E-state index is 11.8. The molecule has 1 aliphatic carbocycles. The van der Waals surface area contributed by atoms with Gasteiger partial charge in [-0.15, -0.1) is 0 Å². The maximum atomic E-state index is 11.8. The van der Waals surface area contributed by atoms with E-state index in [9.17, 15) is 4.79 Å². The summed E-state index contributed by atoms with van der Waals surface area (Å²) in [6.07, 6.45) is 6.21. The Morgan fingerprint density at radius 3 is 2.73 bits per heavy atom. The summed E-state index contributed by atoms with van der Waals surface area (Å²) in [5.74, 6) is 1.37. The smallest absolute Gasteiger partial charge is 0.271 e. The Balaban J connectivity index is 1.36. The molecular formula is C16H16ClN7OS. The average molecular weight is 390 g/mol. The van der Waals surface area contributed by atoms with Crippen molar-refractivity contribution in [1.29, 1.82) is 0 Å². The number of aromatic nitrogens is 5. The van der Waals surface area contributed by atoms with E-state index in [2.05, 4.69) is 30.1 Å². The molecular weight excluding hydrogens is 374 g/mol. The number of anilines is 2. The molecule has 0 radical (unpaired) electrons. The maximum Gasteiger partial charge on any atom is 0.271 e. The molecule has 3 aromatic rings. The van der Waals surface area contributed by atoms with Gasteiger partial charge < -0.3 is 10.6 Å². The summed E-state index contributed by atoms with van der Waals surface area (Å²) in [4.78, 5) is 20.3. The van der Waals surface area contributed by atoms with E-state index in [1.165, 1.54) is 22.3 Å². The van der Waals surface area contributed by atoms with Crippen LogP contribution in [0.1, 0.15) is 19.3 Å². The summed E-state index contributed by atoms with van der Waals surface area (Å²) in [6.45, 7) is 0. The standard InChI is InChI=1S/C16H16ClN7OS/c17-15-22-16(23-26-15)21-11-4-3-10(8-11)20-13-6-5-12(9-18-13)24-14(25)2-1-7-19-24/h1-2,5-7,9-11H,3-4,8H2,(H,18,20)(H,21,23)/t10-,11-/m0/s1. The molecule has 0 unspecified atom stereocenters. The minimum atomic E-state index is -0.185. The molecule has 0 spiro atoms. The van der Waals surface area contributed by atoms with E-state index in [0.717, 1.165) is 25.1 Å². The highest BCUT2D eigenvalue weighted by atomic mass is 35.5. The van der Waals surface area contributed by atoms with Crippen LogP contribution in [0.15, 0.2) is 41.5 Å². The van der Waals surface area contributed by atoms with E-state index >= 15 is 0 Å². The third kappa shape index (κ3) is 3.83. The Hall–Kier alpha value is -2.52. The largest absolute Gasteiger partial charge is 0.367 e. The van der Waals surface area contributed by atoms with Gasteiger partial charge in [0.15, 0.2) is 0 Å². The summed E-state index contributed by atoms with van der Waals surface area (Å²) in [5, 5.41) is 10.8. The Labute approximate surface area is 158 Å². The van der Waals surface area contributed by atoms with Gasteiger partial charge in [0.05, 0.1) is 11.9 Å². The van der Waals surface area contributed by atoms with Gasteiger partial charge in [0.25, 0.3) is 5.56 Å². The first-order valence-corrected chi connectivity index (χ1v) is 9.35. The second kappa shape index (κ2) is 7.38. The van der Waals surface area contributed by atoms with Gasteiger partial charge >= 0.3 is 0 Å². The molecule has 0 aliphatic heterocycles. The van der Waals surface area contributed by atoms with E-state index < -0.39 is 0 Å². The fraction of sp³-hybridized carbons (Fsp3) is 0.312. The van der Waals surface area contributed by atoms with Crippen molar-refractivity contribution in [3.05, 3.63) is 51.5 Å². The number of hydrogen-bond acceptors (Lipinski definition) is 8. The first kappa shape index (κ1) is 16.9. The molecule has 134 valence electrons. The van der Waals surface area contributed by atoms with Crippen LogP contribution in [0.2, 0.25) is 4.47 Å². The monoisotopic (exact) mass is 389 g/mol. The number of halogens is 1. The van der Waals surface area contributed by atoms with E-state index in [-0.39, 0.29) is 5.56 Å².